The quantitative estimate of drug-likeness (QED) is 0.351. The van der Waals surface area contributed by atoms with Gasteiger partial charge in [0.15, 0.2) is 5.13 Å². The van der Waals surface area contributed by atoms with Gasteiger partial charge in [-0.15, -0.1) is 23.1 Å². The van der Waals surface area contributed by atoms with Crippen LogP contribution in [0.1, 0.15) is 32.9 Å². The highest BCUT2D eigenvalue weighted by Gasteiger charge is 2.17. The number of nitrogens with one attached hydrogen (secondary N) is 1. The molecule has 0 unspecified atom stereocenters. The van der Waals surface area contributed by atoms with Crippen molar-refractivity contribution in [2.24, 2.45) is 0 Å². The summed E-state index contributed by atoms with van der Waals surface area (Å²) in [4.78, 5) is 22.0. The van der Waals surface area contributed by atoms with Crippen LogP contribution in [-0.2, 0) is 5.75 Å². The first kappa shape index (κ1) is 22.0. The van der Waals surface area contributed by atoms with Crippen LogP contribution in [0.2, 0.25) is 0 Å². The molecule has 7 nitrogen and oxygen atoms in total. The van der Waals surface area contributed by atoms with Gasteiger partial charge >= 0.3 is 0 Å². The first-order valence-electron chi connectivity index (χ1n) is 9.87. The van der Waals surface area contributed by atoms with Crippen molar-refractivity contribution in [3.8, 4) is 17.0 Å². The van der Waals surface area contributed by atoms with Crippen LogP contribution in [0, 0.1) is 20.8 Å². The predicted octanol–water partition coefficient (Wildman–Crippen LogP) is 5.67. The normalized spacial score (nSPS) is 10.9. The molecule has 1 amide bonds. The molecule has 0 aliphatic carbocycles. The number of pyridine rings is 1. The second-order valence-corrected chi connectivity index (χ2v) is 8.97. The van der Waals surface area contributed by atoms with Crippen LogP contribution >= 0.6 is 23.1 Å². The summed E-state index contributed by atoms with van der Waals surface area (Å²) in [6.07, 6.45) is 1.68. The molecular formula is C23H22N4O3S2. The van der Waals surface area contributed by atoms with Crippen molar-refractivity contribution < 1.29 is 14.1 Å². The number of thioether (sulfide) groups is 1. The molecular weight excluding hydrogens is 444 g/mol. The molecule has 0 radical (unpaired) electrons. The number of aryl methyl sites for hydroxylation is 3. The third kappa shape index (κ3) is 4.68. The molecule has 0 fully saturated rings. The number of carbonyl (C=O) groups excluding carboxylic acids is 1. The fraction of sp³-hybridized carbons (Fsp3) is 0.217. The van der Waals surface area contributed by atoms with Gasteiger partial charge in [-0.2, -0.15) is 0 Å². The molecule has 0 saturated carbocycles. The minimum absolute atomic E-state index is 0.253. The van der Waals surface area contributed by atoms with Gasteiger partial charge in [-0.3, -0.25) is 10.1 Å². The lowest BCUT2D eigenvalue weighted by Crippen LogP contribution is -2.13. The van der Waals surface area contributed by atoms with Gasteiger partial charge in [0, 0.05) is 28.5 Å². The highest BCUT2D eigenvalue weighted by atomic mass is 32.2. The number of rotatable bonds is 7. The Morgan fingerprint density at radius 2 is 2.09 bits per heavy atom. The highest BCUT2D eigenvalue weighted by Crippen LogP contribution is 2.33. The summed E-state index contributed by atoms with van der Waals surface area (Å²) in [6, 6.07) is 9.43. The van der Waals surface area contributed by atoms with Crippen molar-refractivity contribution >= 4 is 34.1 Å². The van der Waals surface area contributed by atoms with Gasteiger partial charge in [0.05, 0.1) is 24.1 Å². The van der Waals surface area contributed by atoms with Gasteiger partial charge < -0.3 is 9.26 Å². The van der Waals surface area contributed by atoms with E-state index in [1.54, 1.807) is 25.4 Å². The van der Waals surface area contributed by atoms with Crippen LogP contribution in [-0.4, -0.2) is 28.1 Å². The van der Waals surface area contributed by atoms with E-state index in [1.165, 1.54) is 23.1 Å². The molecule has 4 rings (SSSR count). The van der Waals surface area contributed by atoms with E-state index in [-0.39, 0.29) is 5.91 Å². The van der Waals surface area contributed by atoms with Crippen molar-refractivity contribution in [2.75, 3.05) is 12.4 Å². The van der Waals surface area contributed by atoms with Gasteiger partial charge in [-0.1, -0.05) is 16.8 Å². The molecule has 0 aliphatic rings. The fourth-order valence-electron chi connectivity index (χ4n) is 3.17. The van der Waals surface area contributed by atoms with Gasteiger partial charge in [0.25, 0.3) is 5.91 Å². The van der Waals surface area contributed by atoms with Gasteiger partial charge in [-0.25, -0.2) is 9.97 Å². The molecule has 1 N–H and O–H groups in total. The van der Waals surface area contributed by atoms with E-state index >= 15 is 0 Å². The van der Waals surface area contributed by atoms with Crippen molar-refractivity contribution in [3.63, 3.8) is 0 Å². The molecule has 32 heavy (non-hydrogen) atoms. The summed E-state index contributed by atoms with van der Waals surface area (Å²) in [5, 5.41) is 9.94. The Balaban J connectivity index is 1.51. The first-order valence-corrected chi connectivity index (χ1v) is 11.7. The van der Waals surface area contributed by atoms with Gasteiger partial charge in [0.2, 0.25) is 0 Å². The molecule has 0 spiro atoms. The number of carbonyl (C=O) groups is 1. The van der Waals surface area contributed by atoms with Crippen LogP contribution in [0.25, 0.3) is 11.3 Å². The summed E-state index contributed by atoms with van der Waals surface area (Å²) in [5.41, 5.74) is 5.11. The van der Waals surface area contributed by atoms with Gasteiger partial charge in [0.1, 0.15) is 16.5 Å². The minimum atomic E-state index is -0.253. The molecule has 0 bridgehead atoms. The Morgan fingerprint density at radius 1 is 1.25 bits per heavy atom. The van der Waals surface area contributed by atoms with E-state index in [9.17, 15) is 4.79 Å². The summed E-state index contributed by atoms with van der Waals surface area (Å²) in [7, 11) is 1.63. The van der Waals surface area contributed by atoms with Crippen LogP contribution in [0.4, 0.5) is 5.13 Å². The number of nitrogens with zero attached hydrogens (tertiary/aromatic N) is 3. The van der Waals surface area contributed by atoms with E-state index < -0.39 is 0 Å². The Morgan fingerprint density at radius 3 is 2.84 bits per heavy atom. The average molecular weight is 467 g/mol. The Bertz CT molecular complexity index is 1250. The lowest BCUT2D eigenvalue weighted by molar-refractivity contribution is 0.102. The molecule has 1 aromatic carbocycles. The topological polar surface area (TPSA) is 90.1 Å². The number of thiazole rings is 1. The lowest BCUT2D eigenvalue weighted by Gasteiger charge is -2.08. The second kappa shape index (κ2) is 9.54. The standard InChI is InChI=1S/C23H22N4O3S2/c1-13-7-8-20(29-4)17(10-13)19-12-32-23(25-19)26-21(28)16-6-5-9-24-22(16)31-11-18-14(2)27-30-15(18)3/h5-10,12H,11H2,1-4H3,(H,25,26,28). The largest absolute Gasteiger partial charge is 0.496 e. The number of aromatic nitrogens is 3. The molecule has 0 atom stereocenters. The molecule has 0 aliphatic heterocycles. The molecule has 164 valence electrons. The number of amides is 1. The van der Waals surface area contributed by atoms with Crippen molar-refractivity contribution in [1.29, 1.82) is 0 Å². The summed E-state index contributed by atoms with van der Waals surface area (Å²) >= 11 is 2.84. The Labute approximate surface area is 194 Å². The number of hydrogen-bond acceptors (Lipinski definition) is 8. The summed E-state index contributed by atoms with van der Waals surface area (Å²) in [5.74, 6) is 1.88. The second-order valence-electron chi connectivity index (χ2n) is 7.14. The number of ether oxygens (including phenoxy) is 1. The highest BCUT2D eigenvalue weighted by molar-refractivity contribution is 7.98. The molecule has 3 aromatic heterocycles. The molecule has 4 aromatic rings. The SMILES string of the molecule is COc1ccc(C)cc1-c1csc(NC(=O)c2cccnc2SCc2c(C)noc2C)n1. The van der Waals surface area contributed by atoms with E-state index in [2.05, 4.69) is 20.4 Å². The van der Waals surface area contributed by atoms with Crippen LogP contribution in [0.15, 0.2) is 51.5 Å². The third-order valence-corrected chi connectivity index (χ3v) is 6.70. The Kier molecular flexibility index (Phi) is 6.57. The number of hydrogen-bond donors (Lipinski definition) is 1. The number of anilines is 1. The molecule has 9 heteroatoms. The minimum Gasteiger partial charge on any atom is -0.496 e. The zero-order chi connectivity index (χ0) is 22.7. The average Bonchev–Trinajstić information content (AvgIpc) is 3.38. The van der Waals surface area contributed by atoms with Crippen molar-refractivity contribution in [2.45, 2.75) is 31.6 Å². The van der Waals surface area contributed by atoms with E-state index in [0.717, 1.165) is 39.6 Å². The number of methoxy groups -OCH3 is 1. The third-order valence-electron chi connectivity index (χ3n) is 4.91. The van der Waals surface area contributed by atoms with Crippen molar-refractivity contribution in [3.05, 3.63) is 70.1 Å². The maximum absolute atomic E-state index is 13.0. The maximum Gasteiger partial charge on any atom is 0.260 e. The Hall–Kier alpha value is -3.17. The molecule has 3 heterocycles. The summed E-state index contributed by atoms with van der Waals surface area (Å²) in [6.45, 7) is 5.80. The molecule has 0 saturated heterocycles. The maximum atomic E-state index is 13.0. The fourth-order valence-corrected chi connectivity index (χ4v) is 5.02. The monoisotopic (exact) mass is 466 g/mol. The lowest BCUT2D eigenvalue weighted by atomic mass is 10.1. The zero-order valence-electron chi connectivity index (χ0n) is 18.1. The van der Waals surface area contributed by atoms with Crippen molar-refractivity contribution in [1.82, 2.24) is 15.1 Å². The van der Waals surface area contributed by atoms with Crippen LogP contribution in [0.5, 0.6) is 5.75 Å². The van der Waals surface area contributed by atoms with E-state index in [1.807, 2.05) is 44.4 Å². The predicted molar refractivity (Wildman–Crippen MR) is 127 cm³/mol. The zero-order valence-corrected chi connectivity index (χ0v) is 19.8. The first-order chi connectivity index (χ1) is 15.5. The smallest absolute Gasteiger partial charge is 0.260 e. The van der Waals surface area contributed by atoms with Crippen LogP contribution in [0.3, 0.4) is 0 Å². The van der Waals surface area contributed by atoms with Gasteiger partial charge in [-0.05, 0) is 45.0 Å². The summed E-state index contributed by atoms with van der Waals surface area (Å²) < 4.78 is 10.7. The van der Waals surface area contributed by atoms with E-state index in [4.69, 9.17) is 9.26 Å². The van der Waals surface area contributed by atoms with E-state index in [0.29, 0.717) is 21.5 Å². The van der Waals surface area contributed by atoms with Crippen LogP contribution < -0.4 is 10.1 Å². The number of benzene rings is 1.